The summed E-state index contributed by atoms with van der Waals surface area (Å²) in [7, 11) is 1.63. The van der Waals surface area contributed by atoms with Crippen molar-refractivity contribution in [2.45, 2.75) is 20.0 Å². The molecule has 0 aliphatic heterocycles. The van der Waals surface area contributed by atoms with Gasteiger partial charge >= 0.3 is 0 Å². The van der Waals surface area contributed by atoms with Crippen LogP contribution in [-0.4, -0.2) is 12.2 Å². The summed E-state index contributed by atoms with van der Waals surface area (Å²) in [5.74, 6) is 0.762. The highest BCUT2D eigenvalue weighted by molar-refractivity contribution is 5.42. The van der Waals surface area contributed by atoms with Gasteiger partial charge in [-0.15, -0.1) is 0 Å². The molecule has 0 amide bonds. The summed E-state index contributed by atoms with van der Waals surface area (Å²) in [6, 6.07) is 13.6. The zero-order valence-electron chi connectivity index (χ0n) is 11.0. The molecule has 0 heterocycles. The molecule has 2 aromatic carbocycles. The van der Waals surface area contributed by atoms with Crippen LogP contribution >= 0.6 is 0 Å². The fourth-order valence-electron chi connectivity index (χ4n) is 2.24. The number of aryl methyl sites for hydroxylation is 2. The molecule has 0 radical (unpaired) electrons. The van der Waals surface area contributed by atoms with Crippen molar-refractivity contribution in [3.8, 4) is 5.75 Å². The Morgan fingerprint density at radius 3 is 2.22 bits per heavy atom. The van der Waals surface area contributed by atoms with E-state index < -0.39 is 6.10 Å². The highest BCUT2D eigenvalue weighted by atomic mass is 16.5. The number of aliphatic hydroxyl groups is 1. The van der Waals surface area contributed by atoms with E-state index in [4.69, 9.17) is 4.74 Å². The van der Waals surface area contributed by atoms with Crippen molar-refractivity contribution in [3.05, 3.63) is 64.7 Å². The van der Waals surface area contributed by atoms with Crippen LogP contribution in [0, 0.1) is 13.8 Å². The minimum atomic E-state index is -0.610. The highest BCUT2D eigenvalue weighted by Gasteiger charge is 2.15. The van der Waals surface area contributed by atoms with Gasteiger partial charge in [-0.1, -0.05) is 30.3 Å². The third-order valence-corrected chi connectivity index (χ3v) is 3.23. The van der Waals surface area contributed by atoms with Crippen molar-refractivity contribution < 1.29 is 9.84 Å². The first-order valence-electron chi connectivity index (χ1n) is 6.01. The van der Waals surface area contributed by atoms with E-state index >= 15 is 0 Å². The van der Waals surface area contributed by atoms with Gasteiger partial charge in [0.2, 0.25) is 0 Å². The predicted molar refractivity (Wildman–Crippen MR) is 73.0 cm³/mol. The maximum absolute atomic E-state index is 10.5. The Hall–Kier alpha value is -1.80. The van der Waals surface area contributed by atoms with E-state index in [0.717, 1.165) is 28.0 Å². The maximum atomic E-state index is 10.5. The normalized spacial score (nSPS) is 12.2. The van der Waals surface area contributed by atoms with Gasteiger partial charge in [0, 0.05) is 0 Å². The van der Waals surface area contributed by atoms with E-state index in [-0.39, 0.29) is 0 Å². The summed E-state index contributed by atoms with van der Waals surface area (Å²) in [5, 5.41) is 10.5. The summed E-state index contributed by atoms with van der Waals surface area (Å²) in [6.07, 6.45) is -0.610. The second-order valence-corrected chi connectivity index (χ2v) is 4.48. The SMILES string of the molecule is COc1cccc(C(O)c2c(C)cccc2C)c1. The number of benzene rings is 2. The van der Waals surface area contributed by atoms with Gasteiger partial charge in [0.05, 0.1) is 7.11 Å². The Morgan fingerprint density at radius 1 is 1.00 bits per heavy atom. The van der Waals surface area contributed by atoms with Crippen LogP contribution in [-0.2, 0) is 0 Å². The fourth-order valence-corrected chi connectivity index (χ4v) is 2.24. The number of ether oxygens (including phenoxy) is 1. The molecule has 2 aromatic rings. The molecule has 2 rings (SSSR count). The zero-order chi connectivity index (χ0) is 13.1. The number of hydrogen-bond donors (Lipinski definition) is 1. The zero-order valence-corrected chi connectivity index (χ0v) is 11.0. The van der Waals surface area contributed by atoms with E-state index in [2.05, 4.69) is 0 Å². The lowest BCUT2D eigenvalue weighted by atomic mass is 9.93. The molecule has 0 aliphatic rings. The first kappa shape index (κ1) is 12.7. The standard InChI is InChI=1S/C16H18O2/c1-11-6-4-7-12(2)15(11)16(17)13-8-5-9-14(10-13)18-3/h4-10,16-17H,1-3H3. The molecular weight excluding hydrogens is 224 g/mol. The van der Waals surface area contributed by atoms with E-state index in [9.17, 15) is 5.11 Å². The van der Waals surface area contributed by atoms with E-state index in [1.165, 1.54) is 0 Å². The second-order valence-electron chi connectivity index (χ2n) is 4.48. The van der Waals surface area contributed by atoms with Gasteiger partial charge in [0.25, 0.3) is 0 Å². The van der Waals surface area contributed by atoms with Crippen molar-refractivity contribution >= 4 is 0 Å². The molecule has 2 nitrogen and oxygen atoms in total. The largest absolute Gasteiger partial charge is 0.497 e. The maximum Gasteiger partial charge on any atom is 0.119 e. The molecule has 2 heteroatoms. The minimum Gasteiger partial charge on any atom is -0.497 e. The van der Waals surface area contributed by atoms with Crippen molar-refractivity contribution in [2.24, 2.45) is 0 Å². The fraction of sp³-hybridized carbons (Fsp3) is 0.250. The molecule has 0 bridgehead atoms. The average molecular weight is 242 g/mol. The molecule has 0 fully saturated rings. The van der Waals surface area contributed by atoms with Crippen molar-refractivity contribution in [3.63, 3.8) is 0 Å². The van der Waals surface area contributed by atoms with Crippen LogP contribution in [0.5, 0.6) is 5.75 Å². The quantitative estimate of drug-likeness (QED) is 0.894. The third-order valence-electron chi connectivity index (χ3n) is 3.23. The lowest BCUT2D eigenvalue weighted by molar-refractivity contribution is 0.218. The summed E-state index contributed by atoms with van der Waals surface area (Å²) in [4.78, 5) is 0. The second kappa shape index (κ2) is 5.23. The molecule has 0 aromatic heterocycles. The average Bonchev–Trinajstić information content (AvgIpc) is 2.38. The third kappa shape index (κ3) is 2.39. The van der Waals surface area contributed by atoms with E-state index in [1.807, 2.05) is 56.3 Å². The molecule has 0 saturated carbocycles. The first-order valence-corrected chi connectivity index (χ1v) is 6.01. The Balaban J connectivity index is 2.44. The highest BCUT2D eigenvalue weighted by Crippen LogP contribution is 2.29. The number of methoxy groups -OCH3 is 1. The van der Waals surface area contributed by atoms with Crippen LogP contribution in [0.1, 0.15) is 28.4 Å². The number of rotatable bonds is 3. The Kier molecular flexibility index (Phi) is 3.68. The molecule has 0 spiro atoms. The lowest BCUT2D eigenvalue weighted by Crippen LogP contribution is -2.04. The monoisotopic (exact) mass is 242 g/mol. The summed E-state index contributed by atoms with van der Waals surface area (Å²) in [5.41, 5.74) is 4.04. The number of aliphatic hydroxyl groups excluding tert-OH is 1. The molecule has 1 atom stereocenters. The van der Waals surface area contributed by atoms with Gasteiger partial charge in [-0.2, -0.15) is 0 Å². The molecule has 1 unspecified atom stereocenters. The summed E-state index contributed by atoms with van der Waals surface area (Å²) >= 11 is 0. The first-order chi connectivity index (χ1) is 8.63. The summed E-state index contributed by atoms with van der Waals surface area (Å²) < 4.78 is 5.19. The van der Waals surface area contributed by atoms with Gasteiger partial charge in [-0.25, -0.2) is 0 Å². The van der Waals surface area contributed by atoms with E-state index in [0.29, 0.717) is 0 Å². The van der Waals surface area contributed by atoms with Crippen molar-refractivity contribution in [2.75, 3.05) is 7.11 Å². The van der Waals surface area contributed by atoms with Crippen molar-refractivity contribution in [1.82, 2.24) is 0 Å². The molecule has 0 aliphatic carbocycles. The lowest BCUT2D eigenvalue weighted by Gasteiger charge is -2.17. The predicted octanol–water partition coefficient (Wildman–Crippen LogP) is 3.39. The van der Waals surface area contributed by atoms with Gasteiger partial charge in [-0.3, -0.25) is 0 Å². The Bertz CT molecular complexity index is 526. The molecule has 0 saturated heterocycles. The van der Waals surface area contributed by atoms with Crippen LogP contribution in [0.3, 0.4) is 0 Å². The van der Waals surface area contributed by atoms with Gasteiger partial charge in [0.15, 0.2) is 0 Å². The van der Waals surface area contributed by atoms with Gasteiger partial charge in [-0.05, 0) is 48.2 Å². The molecule has 1 N–H and O–H groups in total. The summed E-state index contributed by atoms with van der Waals surface area (Å²) in [6.45, 7) is 4.04. The van der Waals surface area contributed by atoms with Crippen LogP contribution in [0.4, 0.5) is 0 Å². The Morgan fingerprint density at radius 2 is 1.61 bits per heavy atom. The van der Waals surface area contributed by atoms with Crippen molar-refractivity contribution in [1.29, 1.82) is 0 Å². The topological polar surface area (TPSA) is 29.5 Å². The smallest absolute Gasteiger partial charge is 0.119 e. The number of hydrogen-bond acceptors (Lipinski definition) is 2. The van der Waals surface area contributed by atoms with Crippen LogP contribution in [0.25, 0.3) is 0 Å². The minimum absolute atomic E-state index is 0.610. The van der Waals surface area contributed by atoms with Crippen LogP contribution in [0.2, 0.25) is 0 Å². The van der Waals surface area contributed by atoms with Gasteiger partial charge < -0.3 is 9.84 Å². The molecular formula is C16H18O2. The van der Waals surface area contributed by atoms with Crippen LogP contribution < -0.4 is 4.74 Å². The Labute approximate surface area is 108 Å². The molecule has 94 valence electrons. The van der Waals surface area contributed by atoms with Crippen LogP contribution in [0.15, 0.2) is 42.5 Å². The van der Waals surface area contributed by atoms with Gasteiger partial charge in [0.1, 0.15) is 11.9 Å². The van der Waals surface area contributed by atoms with E-state index in [1.54, 1.807) is 7.11 Å². The molecule has 18 heavy (non-hydrogen) atoms.